The Morgan fingerprint density at radius 3 is 2.95 bits per heavy atom. The van der Waals surface area contributed by atoms with Gasteiger partial charge in [-0.05, 0) is 45.7 Å². The molecular formula is C14H21N5. The van der Waals surface area contributed by atoms with Gasteiger partial charge in [-0.1, -0.05) is 0 Å². The van der Waals surface area contributed by atoms with Crippen molar-refractivity contribution < 1.29 is 0 Å². The standard InChI is InChI=1S/C14H21N5/c1-19(2)8-4-7-16-10-13-11-17-18-14(13)12-5-3-6-15-9-12/h3,5-6,9,11,16H,4,7-8,10H2,1-2H3,(H,17,18). The molecule has 5 heteroatoms. The summed E-state index contributed by atoms with van der Waals surface area (Å²) in [5, 5.41) is 10.6. The van der Waals surface area contributed by atoms with Crippen LogP contribution in [-0.4, -0.2) is 47.3 Å². The van der Waals surface area contributed by atoms with E-state index < -0.39 is 0 Å². The Kier molecular flexibility index (Phi) is 5.06. The molecule has 2 aromatic rings. The van der Waals surface area contributed by atoms with E-state index in [1.165, 1.54) is 5.56 Å². The summed E-state index contributed by atoms with van der Waals surface area (Å²) in [7, 11) is 4.19. The van der Waals surface area contributed by atoms with Gasteiger partial charge >= 0.3 is 0 Å². The molecule has 0 aromatic carbocycles. The van der Waals surface area contributed by atoms with Gasteiger partial charge in [0, 0.05) is 30.1 Å². The minimum atomic E-state index is 0.828. The van der Waals surface area contributed by atoms with Crippen molar-refractivity contribution in [3.8, 4) is 11.3 Å². The third-order valence-corrected chi connectivity index (χ3v) is 2.94. The van der Waals surface area contributed by atoms with Gasteiger partial charge in [-0.3, -0.25) is 10.1 Å². The Labute approximate surface area is 114 Å². The second kappa shape index (κ2) is 7.01. The van der Waals surface area contributed by atoms with Crippen molar-refractivity contribution in [2.45, 2.75) is 13.0 Å². The normalized spacial score (nSPS) is 11.1. The maximum absolute atomic E-state index is 4.14. The summed E-state index contributed by atoms with van der Waals surface area (Å²) in [5.74, 6) is 0. The minimum absolute atomic E-state index is 0.828. The Bertz CT molecular complexity index is 478. The molecule has 0 saturated heterocycles. The summed E-state index contributed by atoms with van der Waals surface area (Å²) in [6, 6.07) is 3.97. The lowest BCUT2D eigenvalue weighted by Crippen LogP contribution is -2.21. The van der Waals surface area contributed by atoms with Crippen molar-refractivity contribution in [2.75, 3.05) is 27.2 Å². The first kappa shape index (κ1) is 13.7. The van der Waals surface area contributed by atoms with Crippen LogP contribution in [0.25, 0.3) is 11.3 Å². The van der Waals surface area contributed by atoms with Gasteiger partial charge < -0.3 is 10.2 Å². The second-order valence-corrected chi connectivity index (χ2v) is 4.85. The Hall–Kier alpha value is -1.72. The zero-order valence-corrected chi connectivity index (χ0v) is 11.6. The van der Waals surface area contributed by atoms with Crippen LogP contribution in [-0.2, 0) is 6.54 Å². The van der Waals surface area contributed by atoms with Crippen LogP contribution in [0.3, 0.4) is 0 Å². The van der Waals surface area contributed by atoms with E-state index in [1.54, 1.807) is 6.20 Å². The van der Waals surface area contributed by atoms with Crippen molar-refractivity contribution in [3.05, 3.63) is 36.3 Å². The zero-order valence-electron chi connectivity index (χ0n) is 11.6. The van der Waals surface area contributed by atoms with E-state index in [4.69, 9.17) is 0 Å². The molecule has 2 N–H and O–H groups in total. The minimum Gasteiger partial charge on any atom is -0.312 e. The van der Waals surface area contributed by atoms with Gasteiger partial charge in [0.2, 0.25) is 0 Å². The molecule has 0 radical (unpaired) electrons. The number of H-pyrrole nitrogens is 1. The summed E-state index contributed by atoms with van der Waals surface area (Å²) >= 11 is 0. The van der Waals surface area contributed by atoms with Crippen LogP contribution in [0, 0.1) is 0 Å². The molecule has 0 atom stereocenters. The molecule has 2 heterocycles. The number of aromatic amines is 1. The number of hydrogen-bond donors (Lipinski definition) is 2. The van der Waals surface area contributed by atoms with Crippen molar-refractivity contribution in [1.29, 1.82) is 0 Å². The molecule has 102 valence electrons. The first-order chi connectivity index (χ1) is 9.27. The maximum Gasteiger partial charge on any atom is 0.0710 e. The molecule has 2 rings (SSSR count). The fraction of sp³-hybridized carbons (Fsp3) is 0.429. The highest BCUT2D eigenvalue weighted by Crippen LogP contribution is 2.19. The zero-order chi connectivity index (χ0) is 13.5. The number of aromatic nitrogens is 3. The van der Waals surface area contributed by atoms with E-state index in [1.807, 2.05) is 24.5 Å². The molecular weight excluding hydrogens is 238 g/mol. The number of pyridine rings is 1. The van der Waals surface area contributed by atoms with E-state index >= 15 is 0 Å². The van der Waals surface area contributed by atoms with Gasteiger partial charge in [-0.15, -0.1) is 0 Å². The molecule has 0 fully saturated rings. The molecule has 5 nitrogen and oxygen atoms in total. The van der Waals surface area contributed by atoms with Crippen LogP contribution in [0.1, 0.15) is 12.0 Å². The summed E-state index contributed by atoms with van der Waals surface area (Å²) in [5.41, 5.74) is 3.30. The molecule has 0 amide bonds. The van der Waals surface area contributed by atoms with Crippen LogP contribution in [0.5, 0.6) is 0 Å². The number of nitrogens with one attached hydrogen (secondary N) is 2. The van der Waals surface area contributed by atoms with Crippen molar-refractivity contribution in [1.82, 2.24) is 25.4 Å². The van der Waals surface area contributed by atoms with E-state index in [9.17, 15) is 0 Å². The predicted molar refractivity (Wildman–Crippen MR) is 76.7 cm³/mol. The Balaban J connectivity index is 1.87. The quantitative estimate of drug-likeness (QED) is 0.740. The summed E-state index contributed by atoms with van der Waals surface area (Å²) < 4.78 is 0. The fourth-order valence-electron chi connectivity index (χ4n) is 1.95. The lowest BCUT2D eigenvalue weighted by molar-refractivity contribution is 0.394. The van der Waals surface area contributed by atoms with Crippen molar-refractivity contribution >= 4 is 0 Å². The molecule has 0 aliphatic heterocycles. The van der Waals surface area contributed by atoms with E-state index in [0.29, 0.717) is 0 Å². The van der Waals surface area contributed by atoms with E-state index in [-0.39, 0.29) is 0 Å². The van der Waals surface area contributed by atoms with Gasteiger partial charge in [0.1, 0.15) is 0 Å². The average Bonchev–Trinajstić information content (AvgIpc) is 2.87. The number of rotatable bonds is 7. The molecule has 19 heavy (non-hydrogen) atoms. The summed E-state index contributed by atoms with van der Waals surface area (Å²) in [6.07, 6.45) is 6.65. The second-order valence-electron chi connectivity index (χ2n) is 4.85. The molecule has 0 aliphatic rings. The highest BCUT2D eigenvalue weighted by atomic mass is 15.1. The van der Waals surface area contributed by atoms with Gasteiger partial charge in [0.15, 0.2) is 0 Å². The smallest absolute Gasteiger partial charge is 0.0710 e. The third kappa shape index (κ3) is 4.15. The van der Waals surface area contributed by atoms with Gasteiger partial charge in [0.25, 0.3) is 0 Å². The summed E-state index contributed by atoms with van der Waals surface area (Å²) in [6.45, 7) is 2.94. The molecule has 0 saturated carbocycles. The van der Waals surface area contributed by atoms with Gasteiger partial charge in [-0.25, -0.2) is 0 Å². The molecule has 2 aromatic heterocycles. The molecule has 0 bridgehead atoms. The average molecular weight is 259 g/mol. The number of nitrogens with zero attached hydrogens (tertiary/aromatic N) is 3. The Morgan fingerprint density at radius 2 is 2.21 bits per heavy atom. The van der Waals surface area contributed by atoms with Crippen LogP contribution in [0.2, 0.25) is 0 Å². The maximum atomic E-state index is 4.14. The van der Waals surface area contributed by atoms with Crippen molar-refractivity contribution in [3.63, 3.8) is 0 Å². The fourth-order valence-corrected chi connectivity index (χ4v) is 1.95. The van der Waals surface area contributed by atoms with Crippen molar-refractivity contribution in [2.24, 2.45) is 0 Å². The highest BCUT2D eigenvalue weighted by Gasteiger charge is 2.06. The van der Waals surface area contributed by atoms with Crippen LogP contribution in [0.4, 0.5) is 0 Å². The molecule has 0 spiro atoms. The van der Waals surface area contributed by atoms with Gasteiger partial charge in [0.05, 0.1) is 11.9 Å². The largest absolute Gasteiger partial charge is 0.312 e. The first-order valence-corrected chi connectivity index (χ1v) is 6.55. The first-order valence-electron chi connectivity index (χ1n) is 6.55. The van der Waals surface area contributed by atoms with Crippen LogP contribution in [0.15, 0.2) is 30.7 Å². The topological polar surface area (TPSA) is 56.8 Å². The van der Waals surface area contributed by atoms with E-state index in [2.05, 4.69) is 39.5 Å². The molecule has 0 aliphatic carbocycles. The number of hydrogen-bond acceptors (Lipinski definition) is 4. The van der Waals surface area contributed by atoms with Gasteiger partial charge in [-0.2, -0.15) is 5.10 Å². The molecule has 0 unspecified atom stereocenters. The predicted octanol–water partition coefficient (Wildman–Crippen LogP) is 1.51. The monoisotopic (exact) mass is 259 g/mol. The van der Waals surface area contributed by atoms with E-state index in [0.717, 1.165) is 37.3 Å². The Morgan fingerprint density at radius 1 is 1.32 bits per heavy atom. The van der Waals surface area contributed by atoms with Crippen LogP contribution < -0.4 is 5.32 Å². The lowest BCUT2D eigenvalue weighted by atomic mass is 10.1. The highest BCUT2D eigenvalue weighted by molar-refractivity contribution is 5.61. The SMILES string of the molecule is CN(C)CCCNCc1cn[nH]c1-c1cccnc1. The summed E-state index contributed by atoms with van der Waals surface area (Å²) in [4.78, 5) is 6.33. The third-order valence-electron chi connectivity index (χ3n) is 2.94. The van der Waals surface area contributed by atoms with Crippen LogP contribution >= 0.6 is 0 Å². The lowest BCUT2D eigenvalue weighted by Gasteiger charge is -2.09.